The van der Waals surface area contributed by atoms with E-state index in [1.165, 1.54) is 11.3 Å². The molecule has 0 bridgehead atoms. The van der Waals surface area contributed by atoms with Crippen LogP contribution in [0.25, 0.3) is 0 Å². The molecule has 3 nitrogen and oxygen atoms in total. The standard InChI is InChI=1S/C12H13Cl3NO2S/c1-4-5-18-9(17)7-16(2,3)6-8-10(13)11(14)12(15)19-8/h1H,5-7H2,2-3H3/q+1. The lowest BCUT2D eigenvalue weighted by molar-refractivity contribution is -0.896. The second-order valence-corrected chi connectivity index (χ2v) is 7.01. The molecule has 0 radical (unpaired) electrons. The monoisotopic (exact) mass is 340 g/mol. The van der Waals surface area contributed by atoms with Crippen molar-refractivity contribution in [2.45, 2.75) is 6.54 Å². The Morgan fingerprint density at radius 1 is 1.37 bits per heavy atom. The zero-order chi connectivity index (χ0) is 14.6. The first kappa shape index (κ1) is 16.6. The zero-order valence-electron chi connectivity index (χ0n) is 10.5. The number of esters is 1. The third kappa shape index (κ3) is 4.87. The van der Waals surface area contributed by atoms with Crippen LogP contribution in [0.3, 0.4) is 0 Å². The lowest BCUT2D eigenvalue weighted by Gasteiger charge is -2.27. The highest BCUT2D eigenvalue weighted by Gasteiger charge is 2.25. The van der Waals surface area contributed by atoms with Gasteiger partial charge in [-0.2, -0.15) is 0 Å². The molecule has 0 N–H and O–H groups in total. The van der Waals surface area contributed by atoms with Gasteiger partial charge in [0.25, 0.3) is 0 Å². The summed E-state index contributed by atoms with van der Waals surface area (Å²) in [6.07, 6.45) is 5.03. The lowest BCUT2D eigenvalue weighted by Crippen LogP contribution is -2.43. The molecule has 0 saturated heterocycles. The van der Waals surface area contributed by atoms with E-state index in [1.807, 2.05) is 14.1 Å². The molecule has 0 aliphatic carbocycles. The molecule has 0 amide bonds. The van der Waals surface area contributed by atoms with Crippen molar-refractivity contribution >= 4 is 52.1 Å². The Morgan fingerprint density at radius 3 is 2.47 bits per heavy atom. The minimum absolute atomic E-state index is 0.0176. The number of likely N-dealkylation sites (N-methyl/N-ethyl adjacent to an activating group) is 1. The van der Waals surface area contributed by atoms with Crippen LogP contribution in [-0.4, -0.2) is 37.7 Å². The van der Waals surface area contributed by atoms with E-state index in [4.69, 9.17) is 46.0 Å². The molecule has 0 fully saturated rings. The van der Waals surface area contributed by atoms with Crippen molar-refractivity contribution in [1.29, 1.82) is 0 Å². The molecule has 0 unspecified atom stereocenters. The van der Waals surface area contributed by atoms with Crippen molar-refractivity contribution in [3.8, 4) is 12.3 Å². The Kier molecular flexibility index (Phi) is 5.97. The Balaban J connectivity index is 2.71. The number of thiophene rings is 1. The lowest BCUT2D eigenvalue weighted by atomic mass is 10.3. The Bertz CT molecular complexity index is 520. The van der Waals surface area contributed by atoms with Crippen LogP contribution >= 0.6 is 46.1 Å². The quantitative estimate of drug-likeness (QED) is 0.466. The molecular formula is C12H13Cl3NO2S+. The van der Waals surface area contributed by atoms with Gasteiger partial charge in [0, 0.05) is 0 Å². The highest BCUT2D eigenvalue weighted by molar-refractivity contribution is 7.17. The maximum absolute atomic E-state index is 11.5. The number of rotatable bonds is 5. The number of carbonyl (C=O) groups excluding carboxylic acids is 1. The summed E-state index contributed by atoms with van der Waals surface area (Å²) in [6.45, 7) is 0.697. The summed E-state index contributed by atoms with van der Waals surface area (Å²) >= 11 is 19.2. The molecular weight excluding hydrogens is 329 g/mol. The molecule has 19 heavy (non-hydrogen) atoms. The molecule has 0 atom stereocenters. The Morgan fingerprint density at radius 2 is 2.00 bits per heavy atom. The first-order valence-electron chi connectivity index (χ1n) is 5.30. The fourth-order valence-electron chi connectivity index (χ4n) is 1.47. The second-order valence-electron chi connectivity index (χ2n) is 4.54. The zero-order valence-corrected chi connectivity index (χ0v) is 13.6. The summed E-state index contributed by atoms with van der Waals surface area (Å²) in [7, 11) is 3.77. The van der Waals surface area contributed by atoms with Crippen molar-refractivity contribution < 1.29 is 14.0 Å². The second kappa shape index (κ2) is 6.83. The molecule has 0 spiro atoms. The van der Waals surface area contributed by atoms with Gasteiger partial charge in [0.1, 0.15) is 10.9 Å². The van der Waals surface area contributed by atoms with Gasteiger partial charge in [-0.15, -0.1) is 17.8 Å². The Hall–Kier alpha value is -0.440. The molecule has 1 aromatic rings. The van der Waals surface area contributed by atoms with Gasteiger partial charge < -0.3 is 9.22 Å². The first-order valence-corrected chi connectivity index (χ1v) is 7.25. The van der Waals surface area contributed by atoms with Crippen LogP contribution in [0.5, 0.6) is 0 Å². The average molecular weight is 342 g/mol. The summed E-state index contributed by atoms with van der Waals surface area (Å²) < 4.78 is 5.68. The minimum Gasteiger partial charge on any atom is -0.448 e. The van der Waals surface area contributed by atoms with E-state index in [0.717, 1.165) is 4.88 Å². The number of terminal acetylenes is 1. The molecule has 1 rings (SSSR count). The maximum atomic E-state index is 11.5. The predicted octanol–water partition coefficient (Wildman–Crippen LogP) is 3.46. The van der Waals surface area contributed by atoms with E-state index >= 15 is 0 Å². The summed E-state index contributed by atoms with van der Waals surface area (Å²) in [5.74, 6) is 1.90. The van der Waals surface area contributed by atoms with Gasteiger partial charge in [0.15, 0.2) is 13.2 Å². The van der Waals surface area contributed by atoms with Crippen LogP contribution in [0.4, 0.5) is 0 Å². The average Bonchev–Trinajstić information content (AvgIpc) is 2.53. The highest BCUT2D eigenvalue weighted by atomic mass is 35.5. The Labute approximate surface area is 131 Å². The number of halogens is 3. The number of nitrogens with zero attached hydrogens (tertiary/aromatic N) is 1. The summed E-state index contributed by atoms with van der Waals surface area (Å²) in [4.78, 5) is 12.4. The fourth-order valence-corrected chi connectivity index (χ4v) is 3.52. The van der Waals surface area contributed by atoms with E-state index in [9.17, 15) is 4.79 Å². The van der Waals surface area contributed by atoms with Gasteiger partial charge in [-0.3, -0.25) is 0 Å². The van der Waals surface area contributed by atoms with E-state index in [2.05, 4.69) is 5.92 Å². The van der Waals surface area contributed by atoms with E-state index in [1.54, 1.807) is 0 Å². The van der Waals surface area contributed by atoms with Gasteiger partial charge in [-0.1, -0.05) is 40.7 Å². The first-order chi connectivity index (χ1) is 8.76. The van der Waals surface area contributed by atoms with Crippen molar-refractivity contribution in [3.63, 3.8) is 0 Å². The molecule has 1 heterocycles. The normalized spacial score (nSPS) is 11.2. The largest absolute Gasteiger partial charge is 0.448 e. The smallest absolute Gasteiger partial charge is 0.362 e. The van der Waals surface area contributed by atoms with Crippen LogP contribution in [0.2, 0.25) is 14.4 Å². The van der Waals surface area contributed by atoms with Crippen molar-refractivity contribution in [2.75, 3.05) is 27.2 Å². The highest BCUT2D eigenvalue weighted by Crippen LogP contribution is 2.41. The number of hydrogen-bond donors (Lipinski definition) is 0. The van der Waals surface area contributed by atoms with Gasteiger partial charge in [-0.05, 0) is 0 Å². The number of ether oxygens (including phenoxy) is 1. The summed E-state index contributed by atoms with van der Waals surface area (Å²) in [5.41, 5.74) is 0. The summed E-state index contributed by atoms with van der Waals surface area (Å²) in [6, 6.07) is 0. The third-order valence-electron chi connectivity index (χ3n) is 2.27. The van der Waals surface area contributed by atoms with E-state index in [-0.39, 0.29) is 19.1 Å². The molecule has 0 saturated carbocycles. The molecule has 1 aromatic heterocycles. The van der Waals surface area contributed by atoms with Crippen LogP contribution in [-0.2, 0) is 16.1 Å². The topological polar surface area (TPSA) is 26.3 Å². The predicted molar refractivity (Wildman–Crippen MR) is 79.8 cm³/mol. The maximum Gasteiger partial charge on any atom is 0.362 e. The van der Waals surface area contributed by atoms with Crippen molar-refractivity contribution in [3.05, 3.63) is 19.3 Å². The van der Waals surface area contributed by atoms with Gasteiger partial charge >= 0.3 is 5.97 Å². The van der Waals surface area contributed by atoms with Crippen LogP contribution in [0.1, 0.15) is 4.88 Å². The van der Waals surface area contributed by atoms with Gasteiger partial charge in [-0.25, -0.2) is 4.79 Å². The molecule has 7 heteroatoms. The third-order valence-corrected chi connectivity index (χ3v) is 4.86. The van der Waals surface area contributed by atoms with E-state index in [0.29, 0.717) is 25.4 Å². The summed E-state index contributed by atoms with van der Waals surface area (Å²) in [5, 5.41) is 0.804. The SMILES string of the molecule is C#CCOC(=O)C[N+](C)(C)Cc1sc(Cl)c(Cl)c1Cl. The van der Waals surface area contributed by atoms with Crippen LogP contribution < -0.4 is 0 Å². The van der Waals surface area contributed by atoms with Gasteiger partial charge in [0.2, 0.25) is 0 Å². The number of quaternary nitrogens is 1. The molecule has 0 aliphatic rings. The van der Waals surface area contributed by atoms with Gasteiger partial charge in [0.05, 0.1) is 29.0 Å². The minimum atomic E-state index is -0.354. The van der Waals surface area contributed by atoms with Crippen molar-refractivity contribution in [2.24, 2.45) is 0 Å². The molecule has 0 aliphatic heterocycles. The number of hydrogen-bond acceptors (Lipinski definition) is 3. The van der Waals surface area contributed by atoms with Crippen molar-refractivity contribution in [1.82, 2.24) is 0 Å². The fraction of sp³-hybridized carbons (Fsp3) is 0.417. The van der Waals surface area contributed by atoms with Crippen LogP contribution in [0.15, 0.2) is 0 Å². The molecule has 0 aromatic carbocycles. The molecule has 104 valence electrons. The van der Waals surface area contributed by atoms with E-state index < -0.39 is 0 Å². The van der Waals surface area contributed by atoms with Crippen LogP contribution in [0, 0.1) is 12.3 Å². The number of carbonyl (C=O) groups is 1.